The van der Waals surface area contributed by atoms with Crippen molar-refractivity contribution in [3.05, 3.63) is 45.7 Å². The van der Waals surface area contributed by atoms with Gasteiger partial charge in [0.25, 0.3) is 0 Å². The molecule has 0 aliphatic rings. The van der Waals surface area contributed by atoms with E-state index in [1.165, 1.54) is 4.31 Å². The average Bonchev–Trinajstić information content (AvgIpc) is 2.83. The van der Waals surface area contributed by atoms with Gasteiger partial charge in [-0.3, -0.25) is 5.10 Å². The zero-order valence-electron chi connectivity index (χ0n) is 11.8. The first-order valence-corrected chi connectivity index (χ1v) is 8.55. The first-order valence-electron chi connectivity index (χ1n) is 6.31. The van der Waals surface area contributed by atoms with E-state index in [2.05, 4.69) is 26.1 Å². The van der Waals surface area contributed by atoms with Crippen LogP contribution in [0.15, 0.2) is 33.6 Å². The largest absolute Gasteiger partial charge is 0.325 e. The van der Waals surface area contributed by atoms with Crippen molar-refractivity contribution in [2.45, 2.75) is 24.9 Å². The molecular weight excluding hydrogens is 356 g/mol. The predicted octanol–water partition coefficient (Wildman–Crippen LogP) is 1.76. The molecule has 21 heavy (non-hydrogen) atoms. The van der Waals surface area contributed by atoms with Gasteiger partial charge in [0.1, 0.15) is 4.90 Å². The number of rotatable bonds is 5. The number of aromatic nitrogens is 2. The van der Waals surface area contributed by atoms with E-state index in [-0.39, 0.29) is 18.0 Å². The molecule has 0 atom stereocenters. The number of H-pyrrole nitrogens is 1. The van der Waals surface area contributed by atoms with Crippen molar-refractivity contribution in [1.82, 2.24) is 14.5 Å². The molecule has 0 bridgehead atoms. The predicted molar refractivity (Wildman–Crippen MR) is 84.0 cm³/mol. The van der Waals surface area contributed by atoms with E-state index < -0.39 is 10.0 Å². The molecule has 2 rings (SSSR count). The Morgan fingerprint density at radius 2 is 2.05 bits per heavy atom. The molecule has 1 heterocycles. The summed E-state index contributed by atoms with van der Waals surface area (Å²) in [6.45, 7) is 2.01. The van der Waals surface area contributed by atoms with Crippen LogP contribution in [0.3, 0.4) is 0 Å². The van der Waals surface area contributed by atoms with Gasteiger partial charge in [-0.05, 0) is 18.6 Å². The topological polar surface area (TPSA) is 92.1 Å². The van der Waals surface area contributed by atoms with Crippen molar-refractivity contribution >= 4 is 26.0 Å². The third-order valence-corrected chi connectivity index (χ3v) is 5.95. The molecule has 0 saturated heterocycles. The second-order valence-electron chi connectivity index (χ2n) is 4.68. The quantitative estimate of drug-likeness (QED) is 0.836. The number of aryl methyl sites for hydroxylation is 1. The maximum atomic E-state index is 12.7. The number of nitrogens with one attached hydrogen (secondary N) is 1. The van der Waals surface area contributed by atoms with E-state index in [9.17, 15) is 8.42 Å². The van der Waals surface area contributed by atoms with E-state index in [1.54, 1.807) is 14.0 Å². The molecule has 0 fully saturated rings. The van der Waals surface area contributed by atoms with Crippen LogP contribution < -0.4 is 5.73 Å². The molecule has 0 saturated carbocycles. The van der Waals surface area contributed by atoms with Crippen LogP contribution in [-0.4, -0.2) is 30.0 Å². The van der Waals surface area contributed by atoms with Crippen molar-refractivity contribution in [3.63, 3.8) is 0 Å². The highest BCUT2D eigenvalue weighted by Gasteiger charge is 2.28. The number of sulfonamides is 1. The highest BCUT2D eigenvalue weighted by molar-refractivity contribution is 9.10. The lowest BCUT2D eigenvalue weighted by Crippen LogP contribution is -2.28. The van der Waals surface area contributed by atoms with E-state index in [1.807, 2.05) is 24.3 Å². The Morgan fingerprint density at radius 1 is 1.38 bits per heavy atom. The minimum Gasteiger partial charge on any atom is -0.325 e. The van der Waals surface area contributed by atoms with Crippen molar-refractivity contribution in [2.75, 3.05) is 7.05 Å². The van der Waals surface area contributed by atoms with Crippen LogP contribution >= 0.6 is 15.9 Å². The SMILES string of the molecule is Cc1[nH]nc(CN)c1S(=O)(=O)N(C)Cc1ccccc1Br. The number of benzene rings is 1. The van der Waals surface area contributed by atoms with E-state index in [4.69, 9.17) is 5.73 Å². The van der Waals surface area contributed by atoms with Gasteiger partial charge in [-0.25, -0.2) is 8.42 Å². The van der Waals surface area contributed by atoms with Crippen LogP contribution in [0.2, 0.25) is 0 Å². The van der Waals surface area contributed by atoms with Crippen molar-refractivity contribution in [3.8, 4) is 0 Å². The van der Waals surface area contributed by atoms with Crippen molar-refractivity contribution in [2.24, 2.45) is 5.73 Å². The summed E-state index contributed by atoms with van der Waals surface area (Å²) in [6, 6.07) is 7.51. The Bertz CT molecular complexity index is 742. The van der Waals surface area contributed by atoms with Crippen LogP contribution in [0, 0.1) is 6.92 Å². The summed E-state index contributed by atoms with van der Waals surface area (Å²) in [4.78, 5) is 0.166. The summed E-state index contributed by atoms with van der Waals surface area (Å²) in [5, 5.41) is 6.62. The molecule has 0 aliphatic carbocycles. The lowest BCUT2D eigenvalue weighted by Gasteiger charge is -2.18. The van der Waals surface area contributed by atoms with Gasteiger partial charge in [0.15, 0.2) is 0 Å². The van der Waals surface area contributed by atoms with Gasteiger partial charge < -0.3 is 5.73 Å². The van der Waals surface area contributed by atoms with Crippen molar-refractivity contribution < 1.29 is 8.42 Å². The molecule has 2 aromatic rings. The van der Waals surface area contributed by atoms with Gasteiger partial charge in [-0.15, -0.1) is 0 Å². The minimum atomic E-state index is -3.65. The van der Waals surface area contributed by atoms with Crippen LogP contribution in [0.1, 0.15) is 17.0 Å². The summed E-state index contributed by atoms with van der Waals surface area (Å²) in [7, 11) is -2.10. The Kier molecular flexibility index (Phi) is 4.82. The second-order valence-corrected chi connectivity index (χ2v) is 7.52. The van der Waals surface area contributed by atoms with E-state index >= 15 is 0 Å². The molecule has 0 amide bonds. The van der Waals surface area contributed by atoms with Crippen LogP contribution in [0.5, 0.6) is 0 Å². The minimum absolute atomic E-state index is 0.0712. The number of aromatic amines is 1. The summed E-state index contributed by atoms with van der Waals surface area (Å²) in [5.74, 6) is 0. The number of halogens is 1. The Labute approximate surface area is 132 Å². The Balaban J connectivity index is 2.35. The molecule has 6 nitrogen and oxygen atoms in total. The highest BCUT2D eigenvalue weighted by Crippen LogP contribution is 2.24. The molecule has 8 heteroatoms. The molecule has 0 radical (unpaired) electrons. The fourth-order valence-corrected chi connectivity index (χ4v) is 3.95. The summed E-state index contributed by atoms with van der Waals surface area (Å²) < 4.78 is 27.6. The second kappa shape index (κ2) is 6.27. The highest BCUT2D eigenvalue weighted by atomic mass is 79.9. The molecule has 1 aromatic carbocycles. The number of nitrogens with two attached hydrogens (primary N) is 1. The first-order chi connectivity index (χ1) is 9.87. The molecule has 0 unspecified atom stereocenters. The zero-order valence-corrected chi connectivity index (χ0v) is 14.2. The molecule has 0 aliphatic heterocycles. The molecule has 114 valence electrons. The van der Waals surface area contributed by atoms with Gasteiger partial charge in [0.05, 0.1) is 11.4 Å². The third-order valence-electron chi connectivity index (χ3n) is 3.17. The van der Waals surface area contributed by atoms with Crippen LogP contribution in [0.4, 0.5) is 0 Å². The summed E-state index contributed by atoms with van der Waals surface area (Å²) in [5.41, 5.74) is 7.30. The average molecular weight is 373 g/mol. The fourth-order valence-electron chi connectivity index (χ4n) is 2.06. The van der Waals surface area contributed by atoms with Gasteiger partial charge in [-0.2, -0.15) is 9.40 Å². The van der Waals surface area contributed by atoms with Crippen molar-refractivity contribution in [1.29, 1.82) is 0 Å². The lowest BCUT2D eigenvalue weighted by molar-refractivity contribution is 0.465. The van der Waals surface area contributed by atoms with Gasteiger partial charge in [0.2, 0.25) is 10.0 Å². The van der Waals surface area contributed by atoms with Gasteiger partial charge >= 0.3 is 0 Å². The monoisotopic (exact) mass is 372 g/mol. The summed E-state index contributed by atoms with van der Waals surface area (Å²) in [6.07, 6.45) is 0. The molecular formula is C13H17BrN4O2S. The number of nitrogens with zero attached hydrogens (tertiary/aromatic N) is 2. The number of hydrogen-bond donors (Lipinski definition) is 2. The molecule has 3 N–H and O–H groups in total. The number of hydrogen-bond acceptors (Lipinski definition) is 4. The lowest BCUT2D eigenvalue weighted by atomic mass is 10.2. The maximum absolute atomic E-state index is 12.7. The third kappa shape index (κ3) is 3.18. The standard InChI is InChI=1S/C13H17BrN4O2S/c1-9-13(12(7-15)17-16-9)21(19,20)18(2)8-10-5-3-4-6-11(10)14/h3-6H,7-8,15H2,1-2H3,(H,16,17). The zero-order chi connectivity index (χ0) is 15.6. The van der Waals surface area contributed by atoms with E-state index in [0.717, 1.165) is 10.0 Å². The molecule has 1 aromatic heterocycles. The van der Waals surface area contributed by atoms with E-state index in [0.29, 0.717) is 11.4 Å². The van der Waals surface area contributed by atoms with Crippen LogP contribution in [-0.2, 0) is 23.1 Å². The Morgan fingerprint density at radius 3 is 2.67 bits per heavy atom. The smallest absolute Gasteiger partial charge is 0.246 e. The van der Waals surface area contributed by atoms with Crippen LogP contribution in [0.25, 0.3) is 0 Å². The Hall–Kier alpha value is -1.22. The normalized spacial score (nSPS) is 12.0. The molecule has 0 spiro atoms. The van der Waals surface area contributed by atoms with Gasteiger partial charge in [0, 0.05) is 24.6 Å². The first kappa shape index (κ1) is 16.2. The van der Waals surface area contributed by atoms with Gasteiger partial charge in [-0.1, -0.05) is 34.1 Å². The fraction of sp³-hybridized carbons (Fsp3) is 0.308. The maximum Gasteiger partial charge on any atom is 0.246 e. The summed E-state index contributed by atoms with van der Waals surface area (Å²) >= 11 is 3.42.